The summed E-state index contributed by atoms with van der Waals surface area (Å²) in [4.78, 5) is 23.9. The first-order valence-corrected chi connectivity index (χ1v) is 12.4. The number of rotatable bonds is 7. The molecule has 1 aromatic carbocycles. The van der Waals surface area contributed by atoms with E-state index in [4.69, 9.17) is 0 Å². The van der Waals surface area contributed by atoms with Crippen LogP contribution in [0.5, 0.6) is 0 Å². The van der Waals surface area contributed by atoms with E-state index in [1.54, 1.807) is 24.4 Å². The Labute approximate surface area is 187 Å². The second kappa shape index (κ2) is 8.70. The molecule has 3 N–H and O–H groups in total. The monoisotopic (exact) mass is 456 g/mol. The number of fused-ring (bicyclic) bond motifs is 1. The van der Waals surface area contributed by atoms with E-state index in [0.29, 0.717) is 30.5 Å². The molecule has 0 spiro atoms. The van der Waals surface area contributed by atoms with Gasteiger partial charge in [-0.05, 0) is 44.2 Å². The van der Waals surface area contributed by atoms with E-state index < -0.39 is 10.0 Å². The van der Waals surface area contributed by atoms with Crippen LogP contribution in [0.1, 0.15) is 24.3 Å². The van der Waals surface area contributed by atoms with Crippen LogP contribution in [0.4, 0.5) is 22.9 Å². The minimum Gasteiger partial charge on any atom is -0.380 e. The maximum atomic E-state index is 11.8. The van der Waals surface area contributed by atoms with E-state index in [0.717, 1.165) is 53.7 Å². The summed E-state index contributed by atoms with van der Waals surface area (Å²) in [5.41, 5.74) is 3.55. The Hall–Kier alpha value is -3.27. The van der Waals surface area contributed by atoms with Gasteiger partial charge in [0.1, 0.15) is 5.69 Å². The molecule has 1 aliphatic rings. The highest BCUT2D eigenvalue weighted by molar-refractivity contribution is 7.92. The molecule has 0 amide bonds. The second-order valence-electron chi connectivity index (χ2n) is 8.29. The number of carbonyl (C=O) groups excluding carboxylic acids is 1. The number of piperazine rings is 1. The number of hydrogen-bond acceptors (Lipinski definition) is 7. The predicted octanol–water partition coefficient (Wildman–Crippen LogP) is 2.89. The summed E-state index contributed by atoms with van der Waals surface area (Å²) < 4.78 is 25.8. The first-order chi connectivity index (χ1) is 15.2. The predicted molar refractivity (Wildman–Crippen MR) is 130 cm³/mol. The zero-order chi connectivity index (χ0) is 22.9. The van der Waals surface area contributed by atoms with Crippen LogP contribution in [0.15, 0.2) is 36.5 Å². The van der Waals surface area contributed by atoms with Crippen LogP contribution in [-0.2, 0) is 10.0 Å². The largest absolute Gasteiger partial charge is 0.380 e. The Morgan fingerprint density at radius 3 is 2.50 bits per heavy atom. The van der Waals surface area contributed by atoms with Crippen LogP contribution in [0, 0.1) is 0 Å². The van der Waals surface area contributed by atoms with Gasteiger partial charge in [0.2, 0.25) is 10.0 Å². The second-order valence-corrected chi connectivity index (χ2v) is 10.0. The number of nitrogens with one attached hydrogen (secondary N) is 3. The Balaban J connectivity index is 1.60. The van der Waals surface area contributed by atoms with Crippen LogP contribution < -0.4 is 19.8 Å². The van der Waals surface area contributed by atoms with Crippen LogP contribution in [0.2, 0.25) is 0 Å². The van der Waals surface area contributed by atoms with Gasteiger partial charge in [-0.3, -0.25) is 9.52 Å². The van der Waals surface area contributed by atoms with Crippen molar-refractivity contribution in [3.8, 4) is 0 Å². The number of sulfonamides is 1. The fourth-order valence-electron chi connectivity index (χ4n) is 4.12. The molecule has 3 heterocycles. The van der Waals surface area contributed by atoms with E-state index in [9.17, 15) is 13.2 Å². The fourth-order valence-corrected chi connectivity index (χ4v) is 4.67. The maximum Gasteiger partial charge on any atom is 0.229 e. The van der Waals surface area contributed by atoms with Crippen molar-refractivity contribution in [2.45, 2.75) is 19.9 Å². The Bertz CT molecular complexity index is 1230. The molecule has 0 saturated carbocycles. The Kier molecular flexibility index (Phi) is 5.96. The lowest BCUT2D eigenvalue weighted by molar-refractivity contribution is 0.112. The summed E-state index contributed by atoms with van der Waals surface area (Å²) >= 11 is 0. The minimum atomic E-state index is -3.40. The average Bonchev–Trinajstić information content (AvgIpc) is 3.10. The van der Waals surface area contributed by atoms with E-state index in [1.165, 1.54) is 0 Å². The number of carbonyl (C=O) groups is 1. The zero-order valence-electron chi connectivity index (χ0n) is 18.4. The summed E-state index contributed by atoms with van der Waals surface area (Å²) in [5.74, 6) is 0.926. The first-order valence-electron chi connectivity index (χ1n) is 10.6. The molecule has 1 aliphatic heterocycles. The lowest BCUT2D eigenvalue weighted by Gasteiger charge is -2.37. The van der Waals surface area contributed by atoms with Crippen molar-refractivity contribution in [3.05, 3.63) is 42.2 Å². The average molecular weight is 457 g/mol. The molecule has 0 unspecified atom stereocenters. The van der Waals surface area contributed by atoms with Crippen LogP contribution in [-0.4, -0.2) is 63.1 Å². The lowest BCUT2D eigenvalue weighted by Crippen LogP contribution is -2.47. The lowest BCUT2D eigenvalue weighted by atomic mass is 10.1. The Morgan fingerprint density at radius 1 is 1.12 bits per heavy atom. The van der Waals surface area contributed by atoms with Crippen molar-refractivity contribution in [3.63, 3.8) is 0 Å². The normalized spacial score (nSPS) is 14.8. The molecule has 2 aromatic heterocycles. The van der Waals surface area contributed by atoms with Crippen molar-refractivity contribution in [1.29, 1.82) is 0 Å². The number of pyridine rings is 1. The standard InChI is InChI=1S/C22H28N6O3S/c1-15(2)24-19-5-4-8-23-22(19)28-11-9-27(10-12-28)21-17-13-16(26-32(3,30)31)6-7-18(17)25-20(21)14-29/h4-8,13-15,24-26H,9-12H2,1-3H3. The molecule has 0 atom stereocenters. The number of benzene rings is 1. The van der Waals surface area contributed by atoms with E-state index in [2.05, 4.69) is 43.7 Å². The molecular weight excluding hydrogens is 428 g/mol. The highest BCUT2D eigenvalue weighted by Crippen LogP contribution is 2.34. The smallest absolute Gasteiger partial charge is 0.229 e. The van der Waals surface area contributed by atoms with Crippen molar-refractivity contribution < 1.29 is 13.2 Å². The number of hydrogen-bond donors (Lipinski definition) is 3. The van der Waals surface area contributed by atoms with Gasteiger partial charge in [-0.2, -0.15) is 0 Å². The van der Waals surface area contributed by atoms with Gasteiger partial charge in [0, 0.05) is 55.0 Å². The van der Waals surface area contributed by atoms with E-state index >= 15 is 0 Å². The van der Waals surface area contributed by atoms with Crippen LogP contribution in [0.25, 0.3) is 10.9 Å². The van der Waals surface area contributed by atoms with Crippen molar-refractivity contribution in [1.82, 2.24) is 9.97 Å². The Morgan fingerprint density at radius 2 is 1.84 bits per heavy atom. The SMILES string of the molecule is CC(C)Nc1cccnc1N1CCN(c2c(C=O)[nH]c3ccc(NS(C)(=O)=O)cc23)CC1. The van der Waals surface area contributed by atoms with Gasteiger partial charge in [0.15, 0.2) is 12.1 Å². The molecule has 0 radical (unpaired) electrons. The van der Waals surface area contributed by atoms with Gasteiger partial charge in [-0.1, -0.05) is 0 Å². The van der Waals surface area contributed by atoms with E-state index in [1.807, 2.05) is 12.1 Å². The minimum absolute atomic E-state index is 0.301. The highest BCUT2D eigenvalue weighted by Gasteiger charge is 2.25. The molecule has 1 fully saturated rings. The molecule has 4 rings (SSSR count). The number of aldehydes is 1. The van der Waals surface area contributed by atoms with Crippen molar-refractivity contribution >= 4 is 50.1 Å². The number of nitrogens with zero attached hydrogens (tertiary/aromatic N) is 3. The summed E-state index contributed by atoms with van der Waals surface area (Å²) in [6, 6.07) is 9.50. The van der Waals surface area contributed by atoms with Gasteiger partial charge >= 0.3 is 0 Å². The van der Waals surface area contributed by atoms with Crippen LogP contribution in [0.3, 0.4) is 0 Å². The molecule has 1 saturated heterocycles. The van der Waals surface area contributed by atoms with Gasteiger partial charge in [0.05, 0.1) is 17.6 Å². The van der Waals surface area contributed by atoms with Gasteiger partial charge in [-0.15, -0.1) is 0 Å². The highest BCUT2D eigenvalue weighted by atomic mass is 32.2. The molecule has 10 heteroatoms. The van der Waals surface area contributed by atoms with E-state index in [-0.39, 0.29) is 0 Å². The maximum absolute atomic E-state index is 11.8. The third-order valence-corrected chi connectivity index (χ3v) is 5.95. The third-order valence-electron chi connectivity index (χ3n) is 5.35. The molecule has 9 nitrogen and oxygen atoms in total. The van der Waals surface area contributed by atoms with Gasteiger partial charge in [-0.25, -0.2) is 13.4 Å². The molecule has 3 aromatic rings. The first kappa shape index (κ1) is 21.9. The number of aromatic amines is 1. The number of anilines is 4. The third kappa shape index (κ3) is 4.64. The van der Waals surface area contributed by atoms with Gasteiger partial charge < -0.3 is 20.1 Å². The number of aromatic nitrogens is 2. The molecular formula is C22H28N6O3S. The summed E-state index contributed by atoms with van der Waals surface area (Å²) in [5, 5.41) is 4.27. The summed E-state index contributed by atoms with van der Waals surface area (Å²) in [6.45, 7) is 7.09. The van der Waals surface area contributed by atoms with Crippen LogP contribution >= 0.6 is 0 Å². The van der Waals surface area contributed by atoms with Crippen molar-refractivity contribution in [2.75, 3.05) is 52.3 Å². The summed E-state index contributed by atoms with van der Waals surface area (Å²) in [7, 11) is -3.40. The topological polar surface area (TPSA) is 110 Å². The molecule has 32 heavy (non-hydrogen) atoms. The number of H-pyrrole nitrogens is 1. The molecule has 170 valence electrons. The zero-order valence-corrected chi connectivity index (χ0v) is 19.2. The molecule has 0 aliphatic carbocycles. The quantitative estimate of drug-likeness (QED) is 0.469. The fraction of sp³-hybridized carbons (Fsp3) is 0.364. The van der Waals surface area contributed by atoms with Gasteiger partial charge in [0.25, 0.3) is 0 Å². The molecule has 0 bridgehead atoms. The van der Waals surface area contributed by atoms with Crippen molar-refractivity contribution in [2.24, 2.45) is 0 Å². The summed E-state index contributed by atoms with van der Waals surface area (Å²) in [6.07, 6.45) is 3.73.